The Kier molecular flexibility index (Phi) is 7.32. The van der Waals surface area contributed by atoms with Crippen molar-refractivity contribution in [3.05, 3.63) is 69.9 Å². The highest BCUT2D eigenvalue weighted by atomic mass is 19.4. The highest BCUT2D eigenvalue weighted by Gasteiger charge is 2.38. The summed E-state index contributed by atoms with van der Waals surface area (Å²) in [5.41, 5.74) is 10.1. The van der Waals surface area contributed by atoms with Crippen LogP contribution in [0, 0.1) is 13.8 Å². The molecule has 3 aromatic rings. The number of alkyl halides is 3. The largest absolute Gasteiger partial charge is 0.490 e. The third-order valence-corrected chi connectivity index (χ3v) is 5.79. The van der Waals surface area contributed by atoms with Gasteiger partial charge in [-0.05, 0) is 61.3 Å². The normalized spacial score (nSPS) is 13.7. The molecule has 0 unspecified atom stereocenters. The number of nitrogens with one attached hydrogen (secondary N) is 1. The smallest absolute Gasteiger partial charge is 0.475 e. The molecule has 1 aliphatic heterocycles. The van der Waals surface area contributed by atoms with Gasteiger partial charge in [0.2, 0.25) is 0 Å². The lowest BCUT2D eigenvalue weighted by molar-refractivity contribution is -0.192. The first-order valence-electron chi connectivity index (χ1n) is 10.6. The van der Waals surface area contributed by atoms with Crippen molar-refractivity contribution >= 4 is 22.8 Å². The molecule has 10 heteroatoms. The highest BCUT2D eigenvalue weighted by molar-refractivity contribution is 5.93. The molecule has 3 N–H and O–H groups in total. The molecular weight excluding hydrogens is 451 g/mol. The van der Waals surface area contributed by atoms with E-state index in [4.69, 9.17) is 15.1 Å². The van der Waals surface area contributed by atoms with Crippen LogP contribution in [-0.4, -0.2) is 51.4 Å². The van der Waals surface area contributed by atoms with E-state index >= 15 is 0 Å². The average Bonchev–Trinajstić information content (AvgIpc) is 3.06. The minimum absolute atomic E-state index is 0.453. The van der Waals surface area contributed by atoms with Gasteiger partial charge in [0.25, 0.3) is 5.91 Å². The molecule has 0 saturated heterocycles. The molecule has 0 spiro atoms. The molecule has 0 atom stereocenters. The molecule has 1 amide bonds. The zero-order chi connectivity index (χ0) is 25.2. The molecule has 182 valence electrons. The van der Waals surface area contributed by atoms with E-state index in [-0.39, 0.29) is 0 Å². The first-order valence-corrected chi connectivity index (χ1v) is 10.6. The van der Waals surface area contributed by atoms with E-state index in [0.717, 1.165) is 31.6 Å². The van der Waals surface area contributed by atoms with Crippen molar-refractivity contribution < 1.29 is 33.1 Å². The predicted octanol–water partition coefficient (Wildman–Crippen LogP) is 4.05. The first kappa shape index (κ1) is 25.3. The third kappa shape index (κ3) is 5.40. The lowest BCUT2D eigenvalue weighted by Crippen LogP contribution is -2.27. The Bertz CT molecular complexity index is 1220. The second-order valence-corrected chi connectivity index (χ2v) is 8.42. The van der Waals surface area contributed by atoms with Gasteiger partial charge in [0.05, 0.1) is 0 Å². The van der Waals surface area contributed by atoms with Gasteiger partial charge >= 0.3 is 12.1 Å². The first-order chi connectivity index (χ1) is 15.9. The number of carboxylic acid groups (broad SMARTS) is 1. The van der Waals surface area contributed by atoms with Crippen molar-refractivity contribution in [1.29, 1.82) is 0 Å². The van der Waals surface area contributed by atoms with Gasteiger partial charge in [0.15, 0.2) is 0 Å². The van der Waals surface area contributed by atoms with Gasteiger partial charge < -0.3 is 14.6 Å². The number of hydroxylamine groups is 1. The summed E-state index contributed by atoms with van der Waals surface area (Å²) in [6, 6.07) is 12.0. The molecule has 2 aromatic carbocycles. The van der Waals surface area contributed by atoms with Crippen LogP contribution in [0.1, 0.15) is 38.3 Å². The van der Waals surface area contributed by atoms with Gasteiger partial charge in [-0.25, -0.2) is 10.3 Å². The fourth-order valence-corrected chi connectivity index (χ4v) is 4.29. The number of rotatable bonds is 3. The SMILES string of the molecule is Cc1cc(C)c2c3c(n(Cc4ccc(C(=O)NO)cc4)c2c1)CCN(C)C3.O=C(O)C(F)(F)F. The van der Waals surface area contributed by atoms with Crippen LogP contribution in [0.3, 0.4) is 0 Å². The zero-order valence-electron chi connectivity index (χ0n) is 19.0. The Labute approximate surface area is 194 Å². The topological polar surface area (TPSA) is 94.8 Å². The van der Waals surface area contributed by atoms with E-state index in [1.807, 2.05) is 12.1 Å². The minimum atomic E-state index is -5.08. The quantitative estimate of drug-likeness (QED) is 0.391. The molecule has 2 heterocycles. The van der Waals surface area contributed by atoms with Crippen molar-refractivity contribution in [3.8, 4) is 0 Å². The number of fused-ring (bicyclic) bond motifs is 3. The standard InChI is InChI=1S/C22H25N3O2.C2HF3O2/c1-14-10-15(2)21-18-13-24(3)9-8-19(18)25(20(21)11-14)12-16-4-6-17(7-5-16)22(26)23-27;3-2(4,5)1(6)7/h4-7,10-11,27H,8-9,12-13H2,1-3H3,(H,23,26);(H,6,7). The monoisotopic (exact) mass is 477 g/mol. The number of likely N-dealkylation sites (N-methyl/N-ethyl adjacent to an activating group) is 1. The number of nitrogens with zero attached hydrogens (tertiary/aromatic N) is 2. The number of aromatic nitrogens is 1. The summed E-state index contributed by atoms with van der Waals surface area (Å²) in [7, 11) is 2.18. The summed E-state index contributed by atoms with van der Waals surface area (Å²) in [5.74, 6) is -3.24. The van der Waals surface area contributed by atoms with E-state index in [0.29, 0.717) is 5.56 Å². The summed E-state index contributed by atoms with van der Waals surface area (Å²) in [5, 5.41) is 17.3. The summed E-state index contributed by atoms with van der Waals surface area (Å²) < 4.78 is 34.2. The predicted molar refractivity (Wildman–Crippen MR) is 120 cm³/mol. The van der Waals surface area contributed by atoms with Gasteiger partial charge in [-0.15, -0.1) is 0 Å². The van der Waals surface area contributed by atoms with E-state index < -0.39 is 18.1 Å². The van der Waals surface area contributed by atoms with Gasteiger partial charge in [0, 0.05) is 48.2 Å². The maximum atomic E-state index is 11.5. The van der Waals surface area contributed by atoms with E-state index in [9.17, 15) is 18.0 Å². The number of carboxylic acids is 1. The number of amides is 1. The number of halogens is 3. The van der Waals surface area contributed by atoms with Crippen LogP contribution in [0.15, 0.2) is 36.4 Å². The number of aryl methyl sites for hydroxylation is 2. The lowest BCUT2D eigenvalue weighted by Gasteiger charge is -2.24. The maximum Gasteiger partial charge on any atom is 0.490 e. The molecule has 0 bridgehead atoms. The molecule has 0 fully saturated rings. The Morgan fingerprint density at radius 3 is 2.29 bits per heavy atom. The molecule has 1 aliphatic rings. The zero-order valence-corrected chi connectivity index (χ0v) is 19.0. The minimum Gasteiger partial charge on any atom is -0.475 e. The summed E-state index contributed by atoms with van der Waals surface area (Å²) in [6.45, 7) is 7.18. The van der Waals surface area contributed by atoms with Crippen molar-refractivity contribution in [2.45, 2.75) is 39.5 Å². The maximum absolute atomic E-state index is 11.5. The summed E-state index contributed by atoms with van der Waals surface area (Å²) >= 11 is 0. The molecule has 0 radical (unpaired) electrons. The van der Waals surface area contributed by atoms with E-state index in [2.05, 4.69) is 42.5 Å². The van der Waals surface area contributed by atoms with Crippen LogP contribution >= 0.6 is 0 Å². The molecule has 0 aliphatic carbocycles. The average molecular weight is 477 g/mol. The van der Waals surface area contributed by atoms with E-state index in [1.54, 1.807) is 17.6 Å². The number of hydrogen-bond donors (Lipinski definition) is 3. The Hall–Kier alpha value is -3.37. The Morgan fingerprint density at radius 2 is 1.74 bits per heavy atom. The summed E-state index contributed by atoms with van der Waals surface area (Å²) in [4.78, 5) is 22.8. The molecule has 4 rings (SSSR count). The Morgan fingerprint density at radius 1 is 1.12 bits per heavy atom. The van der Waals surface area contributed by atoms with Gasteiger partial charge in [0.1, 0.15) is 0 Å². The van der Waals surface area contributed by atoms with Gasteiger partial charge in [-0.2, -0.15) is 13.2 Å². The van der Waals surface area contributed by atoms with Crippen LogP contribution in [-0.2, 0) is 24.3 Å². The number of carbonyl (C=O) groups excluding carboxylic acids is 1. The van der Waals surface area contributed by atoms with Crippen molar-refractivity contribution in [1.82, 2.24) is 14.9 Å². The summed E-state index contributed by atoms with van der Waals surface area (Å²) in [6.07, 6.45) is -4.04. The lowest BCUT2D eigenvalue weighted by atomic mass is 10.0. The van der Waals surface area contributed by atoms with Crippen LogP contribution in [0.25, 0.3) is 10.9 Å². The molecule has 34 heavy (non-hydrogen) atoms. The van der Waals surface area contributed by atoms with Crippen LogP contribution < -0.4 is 5.48 Å². The number of carbonyl (C=O) groups is 2. The third-order valence-electron chi connectivity index (χ3n) is 5.79. The Balaban J connectivity index is 0.000000406. The fraction of sp³-hybridized carbons (Fsp3) is 0.333. The van der Waals surface area contributed by atoms with E-state index in [1.165, 1.54) is 33.3 Å². The molecular formula is C24H26F3N3O4. The molecule has 0 saturated carbocycles. The second-order valence-electron chi connectivity index (χ2n) is 8.42. The van der Waals surface area contributed by atoms with Crippen LogP contribution in [0.4, 0.5) is 13.2 Å². The second kappa shape index (κ2) is 9.86. The molecule has 7 nitrogen and oxygen atoms in total. The van der Waals surface area contributed by atoms with Gasteiger partial charge in [-0.3, -0.25) is 10.0 Å². The van der Waals surface area contributed by atoms with Crippen molar-refractivity contribution in [3.63, 3.8) is 0 Å². The van der Waals surface area contributed by atoms with Crippen LogP contribution in [0.2, 0.25) is 0 Å². The fourth-order valence-electron chi connectivity index (χ4n) is 4.29. The highest BCUT2D eigenvalue weighted by Crippen LogP contribution is 2.34. The van der Waals surface area contributed by atoms with Crippen molar-refractivity contribution in [2.75, 3.05) is 13.6 Å². The van der Waals surface area contributed by atoms with Crippen LogP contribution in [0.5, 0.6) is 0 Å². The number of aliphatic carboxylic acids is 1. The van der Waals surface area contributed by atoms with Gasteiger partial charge in [-0.1, -0.05) is 18.2 Å². The molecule has 1 aromatic heterocycles. The van der Waals surface area contributed by atoms with Crippen molar-refractivity contribution in [2.24, 2.45) is 0 Å². The number of benzene rings is 2. The number of hydrogen-bond acceptors (Lipinski definition) is 4.